The first-order valence-corrected chi connectivity index (χ1v) is 14.4. The van der Waals surface area contributed by atoms with E-state index in [1.54, 1.807) is 16.7 Å². The topological polar surface area (TPSA) is 89.9 Å². The number of amides is 3. The molecule has 2 fully saturated rings. The SMILES string of the molecule is CC(=O)Nc1ccc(C)cc1C1(O)CCN(C(=O)CC2SC(c3ccccc3)N(CCC(C)C)C2=O)CC1.[HH]. The maximum absolute atomic E-state index is 13.4. The summed E-state index contributed by atoms with van der Waals surface area (Å²) in [4.78, 5) is 42.2. The summed E-state index contributed by atoms with van der Waals surface area (Å²) in [5.41, 5.74) is 2.23. The molecule has 2 unspecified atom stereocenters. The summed E-state index contributed by atoms with van der Waals surface area (Å²) in [6.07, 6.45) is 1.81. The molecule has 0 bridgehead atoms. The number of aliphatic hydroxyl groups is 1. The van der Waals surface area contributed by atoms with Gasteiger partial charge in [-0.25, -0.2) is 0 Å². The number of thioether (sulfide) groups is 1. The Morgan fingerprint density at radius 1 is 1.16 bits per heavy atom. The van der Waals surface area contributed by atoms with Gasteiger partial charge in [0, 0.05) is 45.7 Å². The van der Waals surface area contributed by atoms with Crippen LogP contribution in [0.4, 0.5) is 5.69 Å². The average molecular weight is 540 g/mol. The van der Waals surface area contributed by atoms with Crippen LogP contribution in [0.3, 0.4) is 0 Å². The molecule has 206 valence electrons. The number of rotatable bonds is 8. The summed E-state index contributed by atoms with van der Waals surface area (Å²) in [7, 11) is 0. The molecule has 2 aliphatic heterocycles. The van der Waals surface area contributed by atoms with Crippen LogP contribution in [0.25, 0.3) is 0 Å². The molecule has 0 spiro atoms. The van der Waals surface area contributed by atoms with Crippen LogP contribution >= 0.6 is 11.8 Å². The minimum Gasteiger partial charge on any atom is -0.385 e. The van der Waals surface area contributed by atoms with Crippen molar-refractivity contribution in [1.82, 2.24) is 9.80 Å². The standard InChI is InChI=1S/C30H39N3O4S.H2/c1-20(2)12-15-33-28(36)26(38-29(33)23-8-6-5-7-9-23)19-27(35)32-16-13-30(37,14-17-32)24-18-21(3)10-11-25(24)31-22(4)34;/h5-11,18,20,26,29,37H,12-17,19H2,1-4H3,(H,31,34);1H. The maximum atomic E-state index is 13.4. The zero-order valence-electron chi connectivity index (χ0n) is 22.8. The van der Waals surface area contributed by atoms with Crippen LogP contribution < -0.4 is 5.32 Å². The number of carbonyl (C=O) groups is 3. The minimum atomic E-state index is -1.13. The molecule has 2 saturated heterocycles. The smallest absolute Gasteiger partial charge is 0.237 e. The molecule has 4 rings (SSSR count). The summed E-state index contributed by atoms with van der Waals surface area (Å²) in [5.74, 6) is 0.269. The number of carbonyl (C=O) groups excluding carboxylic acids is 3. The average Bonchev–Trinajstić information content (AvgIpc) is 3.19. The summed E-state index contributed by atoms with van der Waals surface area (Å²) in [6.45, 7) is 9.17. The molecule has 2 aromatic carbocycles. The van der Waals surface area contributed by atoms with Gasteiger partial charge in [0.15, 0.2) is 0 Å². The van der Waals surface area contributed by atoms with Gasteiger partial charge >= 0.3 is 0 Å². The number of aryl methyl sites for hydroxylation is 1. The lowest BCUT2D eigenvalue weighted by molar-refractivity contribution is -0.139. The van der Waals surface area contributed by atoms with Gasteiger partial charge < -0.3 is 20.2 Å². The number of nitrogens with zero attached hydrogens (tertiary/aromatic N) is 2. The quantitative estimate of drug-likeness (QED) is 0.488. The molecule has 8 heteroatoms. The van der Waals surface area contributed by atoms with E-state index in [-0.39, 0.29) is 30.9 Å². The summed E-state index contributed by atoms with van der Waals surface area (Å²) in [6, 6.07) is 15.7. The van der Waals surface area contributed by atoms with Crippen molar-refractivity contribution < 1.29 is 20.9 Å². The van der Waals surface area contributed by atoms with Gasteiger partial charge in [0.05, 0.1) is 10.9 Å². The van der Waals surface area contributed by atoms with Crippen molar-refractivity contribution in [2.45, 2.75) is 69.6 Å². The zero-order chi connectivity index (χ0) is 27.4. The molecular formula is C30H41N3O4S. The number of nitrogens with one attached hydrogen (secondary N) is 1. The van der Waals surface area contributed by atoms with Crippen LogP contribution in [-0.2, 0) is 20.0 Å². The van der Waals surface area contributed by atoms with Crippen LogP contribution in [0.15, 0.2) is 48.5 Å². The van der Waals surface area contributed by atoms with Crippen LogP contribution in [0.1, 0.15) is 69.9 Å². The van der Waals surface area contributed by atoms with E-state index in [1.807, 2.05) is 60.4 Å². The van der Waals surface area contributed by atoms with Crippen molar-refractivity contribution in [3.05, 3.63) is 65.2 Å². The Hall–Kier alpha value is -2.84. The highest BCUT2D eigenvalue weighted by atomic mass is 32.2. The monoisotopic (exact) mass is 539 g/mol. The predicted molar refractivity (Wildman–Crippen MR) is 154 cm³/mol. The Labute approximate surface area is 231 Å². The van der Waals surface area contributed by atoms with Crippen molar-refractivity contribution in [1.29, 1.82) is 0 Å². The number of hydrogen-bond donors (Lipinski definition) is 2. The third-order valence-electron chi connectivity index (χ3n) is 7.46. The second-order valence-electron chi connectivity index (χ2n) is 10.9. The molecule has 38 heavy (non-hydrogen) atoms. The molecule has 0 aliphatic carbocycles. The molecule has 2 atom stereocenters. The summed E-state index contributed by atoms with van der Waals surface area (Å²) < 4.78 is 0. The molecular weight excluding hydrogens is 498 g/mol. The molecule has 2 aliphatic rings. The largest absolute Gasteiger partial charge is 0.385 e. The first kappa shape index (κ1) is 28.2. The second kappa shape index (κ2) is 11.9. The van der Waals surface area contributed by atoms with Crippen molar-refractivity contribution in [2.75, 3.05) is 25.0 Å². The van der Waals surface area contributed by atoms with E-state index in [9.17, 15) is 19.5 Å². The first-order chi connectivity index (χ1) is 18.1. The molecule has 0 saturated carbocycles. The minimum absolute atomic E-state index is 0. The molecule has 7 nitrogen and oxygen atoms in total. The van der Waals surface area contributed by atoms with Crippen molar-refractivity contribution in [3.63, 3.8) is 0 Å². The molecule has 2 heterocycles. The fourth-order valence-electron chi connectivity index (χ4n) is 5.25. The van der Waals surface area contributed by atoms with Crippen molar-refractivity contribution in [2.24, 2.45) is 5.92 Å². The number of hydrogen-bond acceptors (Lipinski definition) is 5. The van der Waals surface area contributed by atoms with E-state index in [0.29, 0.717) is 49.6 Å². The number of anilines is 1. The Morgan fingerprint density at radius 2 is 1.84 bits per heavy atom. The molecule has 3 amide bonds. The third-order valence-corrected chi connectivity index (χ3v) is 8.94. The van der Waals surface area contributed by atoms with Gasteiger partial charge in [-0.15, -0.1) is 11.8 Å². The van der Waals surface area contributed by atoms with E-state index in [0.717, 1.165) is 17.5 Å². The van der Waals surface area contributed by atoms with Gasteiger partial charge in [-0.1, -0.05) is 61.9 Å². The van der Waals surface area contributed by atoms with Crippen molar-refractivity contribution >= 4 is 35.2 Å². The van der Waals surface area contributed by atoms with E-state index in [1.165, 1.54) is 6.92 Å². The number of likely N-dealkylation sites (tertiary alicyclic amines) is 1. The van der Waals surface area contributed by atoms with Gasteiger partial charge in [-0.2, -0.15) is 0 Å². The summed E-state index contributed by atoms with van der Waals surface area (Å²) in [5, 5.41) is 13.9. The predicted octanol–water partition coefficient (Wildman–Crippen LogP) is 5.09. The highest BCUT2D eigenvalue weighted by Gasteiger charge is 2.43. The van der Waals surface area contributed by atoms with Gasteiger partial charge in [0.2, 0.25) is 17.7 Å². The van der Waals surface area contributed by atoms with Gasteiger partial charge in [-0.05, 0) is 43.7 Å². The molecule has 0 aromatic heterocycles. The van der Waals surface area contributed by atoms with Gasteiger partial charge in [0.25, 0.3) is 0 Å². The summed E-state index contributed by atoms with van der Waals surface area (Å²) >= 11 is 1.57. The Balaban J connectivity index is 0.00000420. The van der Waals surface area contributed by atoms with E-state index >= 15 is 0 Å². The highest BCUT2D eigenvalue weighted by Crippen LogP contribution is 2.45. The van der Waals surface area contributed by atoms with Gasteiger partial charge in [-0.3, -0.25) is 14.4 Å². The fraction of sp³-hybridized carbons (Fsp3) is 0.500. The third kappa shape index (κ3) is 6.41. The second-order valence-corrected chi connectivity index (χ2v) is 12.2. The molecule has 2 N–H and O–H groups in total. The van der Waals surface area contributed by atoms with Crippen LogP contribution in [0.2, 0.25) is 0 Å². The van der Waals surface area contributed by atoms with E-state index in [4.69, 9.17) is 0 Å². The Morgan fingerprint density at radius 3 is 2.47 bits per heavy atom. The normalized spacial score (nSPS) is 21.2. The molecule has 2 aromatic rings. The Bertz CT molecular complexity index is 1170. The lowest BCUT2D eigenvalue weighted by Gasteiger charge is -2.39. The fourth-order valence-corrected chi connectivity index (χ4v) is 6.72. The lowest BCUT2D eigenvalue weighted by atomic mass is 9.82. The maximum Gasteiger partial charge on any atom is 0.237 e. The van der Waals surface area contributed by atoms with Crippen LogP contribution in [0, 0.1) is 12.8 Å². The van der Waals surface area contributed by atoms with E-state index in [2.05, 4.69) is 19.2 Å². The highest BCUT2D eigenvalue weighted by molar-refractivity contribution is 8.01. The number of benzene rings is 2. The lowest BCUT2D eigenvalue weighted by Crippen LogP contribution is -2.46. The first-order valence-electron chi connectivity index (χ1n) is 13.5. The van der Waals surface area contributed by atoms with E-state index < -0.39 is 10.9 Å². The molecule has 0 radical (unpaired) electrons. The Kier molecular flexibility index (Phi) is 8.83. The number of piperidine rings is 1. The van der Waals surface area contributed by atoms with Crippen LogP contribution in [-0.4, -0.2) is 57.5 Å². The van der Waals surface area contributed by atoms with Gasteiger partial charge in [0.1, 0.15) is 5.37 Å². The van der Waals surface area contributed by atoms with Crippen molar-refractivity contribution in [3.8, 4) is 0 Å². The zero-order valence-corrected chi connectivity index (χ0v) is 23.6. The van der Waals surface area contributed by atoms with Crippen LogP contribution in [0.5, 0.6) is 0 Å².